The molecule has 1 saturated carbocycles. The van der Waals surface area contributed by atoms with Crippen molar-refractivity contribution in [1.29, 1.82) is 0 Å². The Hall–Kier alpha value is -2.69. The fourth-order valence-corrected chi connectivity index (χ4v) is 3.86. The highest BCUT2D eigenvalue weighted by molar-refractivity contribution is 5.97. The van der Waals surface area contributed by atoms with Gasteiger partial charge in [-0.15, -0.1) is 0 Å². The number of Topliss-reactive ketones (excluding diaryl/α,β-unsaturated/α-hetero) is 1. The van der Waals surface area contributed by atoms with Crippen LogP contribution in [0.2, 0.25) is 0 Å². The molecular weight excluding hydrogens is 348 g/mol. The van der Waals surface area contributed by atoms with Crippen LogP contribution in [0.25, 0.3) is 5.65 Å². The third-order valence-corrected chi connectivity index (χ3v) is 5.53. The number of aromatic nitrogens is 3. The number of ketones is 1. The first kappa shape index (κ1) is 18.7. The number of nitrogens with one attached hydrogen (secondary N) is 1. The van der Waals surface area contributed by atoms with Gasteiger partial charge in [-0.25, -0.2) is 4.98 Å². The molecule has 5 heteroatoms. The monoisotopic (exact) mass is 376 g/mol. The van der Waals surface area contributed by atoms with E-state index in [1.54, 1.807) is 6.20 Å². The Bertz CT molecular complexity index is 976. The Morgan fingerprint density at radius 3 is 2.54 bits per heavy atom. The molecule has 1 aliphatic carbocycles. The van der Waals surface area contributed by atoms with E-state index in [1.165, 1.54) is 31.2 Å². The van der Waals surface area contributed by atoms with Crippen LogP contribution in [0, 0.1) is 0 Å². The molecule has 0 atom stereocenters. The number of fused-ring (bicyclic) bond motifs is 1. The summed E-state index contributed by atoms with van der Waals surface area (Å²) in [6, 6.07) is 12.3. The van der Waals surface area contributed by atoms with Gasteiger partial charge in [0.1, 0.15) is 5.82 Å². The molecule has 28 heavy (non-hydrogen) atoms. The number of rotatable bonds is 5. The van der Waals surface area contributed by atoms with Crippen LogP contribution in [0.15, 0.2) is 42.6 Å². The fraction of sp³-hybridized carbons (Fsp3) is 0.435. The van der Waals surface area contributed by atoms with Gasteiger partial charge < -0.3 is 5.32 Å². The Labute approximate surface area is 166 Å². The van der Waals surface area contributed by atoms with E-state index in [0.29, 0.717) is 6.04 Å². The number of carbonyl (C=O) groups excluding carboxylic acids is 1. The molecule has 1 N–H and O–H groups in total. The summed E-state index contributed by atoms with van der Waals surface area (Å²) in [5, 5.41) is 7.98. The van der Waals surface area contributed by atoms with Gasteiger partial charge in [0, 0.05) is 23.7 Å². The quantitative estimate of drug-likeness (QED) is 0.650. The summed E-state index contributed by atoms with van der Waals surface area (Å²) in [6.07, 6.45) is 6.93. The van der Waals surface area contributed by atoms with Gasteiger partial charge >= 0.3 is 0 Å². The van der Waals surface area contributed by atoms with Crippen LogP contribution in [0.1, 0.15) is 68.1 Å². The van der Waals surface area contributed by atoms with E-state index >= 15 is 0 Å². The summed E-state index contributed by atoms with van der Waals surface area (Å²) >= 11 is 0. The third-order valence-electron chi connectivity index (χ3n) is 5.53. The Morgan fingerprint density at radius 1 is 1.14 bits per heavy atom. The van der Waals surface area contributed by atoms with Crippen LogP contribution in [0.4, 0.5) is 5.82 Å². The predicted molar refractivity (Wildman–Crippen MR) is 112 cm³/mol. The SMILES string of the molecule is CC(C)(C)c1ccc(C(=O)Cc2cc(NC3CCCC3)n3nccc3n2)cc1. The molecule has 0 bridgehead atoms. The molecule has 0 spiro atoms. The van der Waals surface area contributed by atoms with Crippen molar-refractivity contribution in [2.75, 3.05) is 5.32 Å². The summed E-state index contributed by atoms with van der Waals surface area (Å²) in [4.78, 5) is 17.5. The summed E-state index contributed by atoms with van der Waals surface area (Å²) in [6.45, 7) is 6.52. The highest BCUT2D eigenvalue weighted by Crippen LogP contribution is 2.24. The summed E-state index contributed by atoms with van der Waals surface area (Å²) < 4.78 is 1.82. The van der Waals surface area contributed by atoms with E-state index in [-0.39, 0.29) is 17.6 Å². The Kier molecular flexibility index (Phi) is 4.92. The maximum absolute atomic E-state index is 12.8. The van der Waals surface area contributed by atoms with Crippen molar-refractivity contribution >= 4 is 17.2 Å². The van der Waals surface area contributed by atoms with Crippen LogP contribution in [-0.4, -0.2) is 26.4 Å². The maximum Gasteiger partial charge on any atom is 0.168 e. The van der Waals surface area contributed by atoms with Crippen molar-refractivity contribution in [3.05, 3.63) is 59.4 Å². The Morgan fingerprint density at radius 2 is 1.86 bits per heavy atom. The van der Waals surface area contributed by atoms with Gasteiger partial charge in [-0.3, -0.25) is 4.79 Å². The van der Waals surface area contributed by atoms with Gasteiger partial charge in [-0.1, -0.05) is 57.9 Å². The molecule has 0 radical (unpaired) electrons. The van der Waals surface area contributed by atoms with Crippen molar-refractivity contribution in [1.82, 2.24) is 14.6 Å². The van der Waals surface area contributed by atoms with E-state index in [9.17, 15) is 4.79 Å². The normalized spacial score (nSPS) is 15.2. The van der Waals surface area contributed by atoms with Crippen LogP contribution in [-0.2, 0) is 11.8 Å². The van der Waals surface area contributed by atoms with E-state index in [1.807, 2.05) is 40.9 Å². The first-order valence-electron chi connectivity index (χ1n) is 10.1. The van der Waals surface area contributed by atoms with Gasteiger partial charge in [-0.05, 0) is 23.8 Å². The highest BCUT2D eigenvalue weighted by atomic mass is 16.1. The molecule has 3 aromatic rings. The lowest BCUT2D eigenvalue weighted by Crippen LogP contribution is -2.18. The molecule has 2 aromatic heterocycles. The van der Waals surface area contributed by atoms with E-state index in [0.717, 1.165) is 22.7 Å². The lowest BCUT2D eigenvalue weighted by molar-refractivity contribution is 0.0992. The van der Waals surface area contributed by atoms with Gasteiger partial charge in [0.15, 0.2) is 11.4 Å². The van der Waals surface area contributed by atoms with Crippen molar-refractivity contribution < 1.29 is 4.79 Å². The van der Waals surface area contributed by atoms with Crippen molar-refractivity contribution in [2.24, 2.45) is 0 Å². The highest BCUT2D eigenvalue weighted by Gasteiger charge is 2.18. The van der Waals surface area contributed by atoms with Crippen LogP contribution in [0.5, 0.6) is 0 Å². The van der Waals surface area contributed by atoms with Gasteiger partial charge in [0.2, 0.25) is 0 Å². The fourth-order valence-electron chi connectivity index (χ4n) is 3.86. The Balaban J connectivity index is 1.56. The van der Waals surface area contributed by atoms with Gasteiger partial charge in [-0.2, -0.15) is 9.61 Å². The minimum absolute atomic E-state index is 0.0803. The number of anilines is 1. The second-order valence-corrected chi connectivity index (χ2v) is 8.79. The number of hydrogen-bond acceptors (Lipinski definition) is 4. The van der Waals surface area contributed by atoms with Crippen molar-refractivity contribution in [3.63, 3.8) is 0 Å². The predicted octanol–water partition coefficient (Wildman–Crippen LogP) is 4.81. The number of carbonyl (C=O) groups is 1. The molecule has 1 aromatic carbocycles. The molecule has 1 aliphatic rings. The second kappa shape index (κ2) is 7.38. The molecule has 1 fully saturated rings. The number of hydrogen-bond donors (Lipinski definition) is 1. The van der Waals surface area contributed by atoms with Crippen LogP contribution >= 0.6 is 0 Å². The minimum atomic E-state index is 0.0803. The molecule has 4 rings (SSSR count). The molecule has 0 amide bonds. The van der Waals surface area contributed by atoms with Crippen LogP contribution < -0.4 is 5.32 Å². The van der Waals surface area contributed by atoms with Crippen LogP contribution in [0.3, 0.4) is 0 Å². The molecule has 0 unspecified atom stereocenters. The van der Waals surface area contributed by atoms with Gasteiger partial charge in [0.05, 0.1) is 18.3 Å². The smallest absolute Gasteiger partial charge is 0.168 e. The zero-order chi connectivity index (χ0) is 19.7. The first-order valence-corrected chi connectivity index (χ1v) is 10.1. The average molecular weight is 377 g/mol. The number of nitrogens with zero attached hydrogens (tertiary/aromatic N) is 3. The maximum atomic E-state index is 12.8. The van der Waals surface area contributed by atoms with E-state index < -0.39 is 0 Å². The topological polar surface area (TPSA) is 59.3 Å². The van der Waals surface area contributed by atoms with E-state index in [4.69, 9.17) is 0 Å². The first-order chi connectivity index (χ1) is 13.4. The largest absolute Gasteiger partial charge is 0.367 e. The lowest BCUT2D eigenvalue weighted by atomic mass is 9.86. The van der Waals surface area contributed by atoms with Crippen molar-refractivity contribution in [3.8, 4) is 0 Å². The number of benzene rings is 1. The molecule has 2 heterocycles. The molecule has 5 nitrogen and oxygen atoms in total. The molecular formula is C23H28N4O. The summed E-state index contributed by atoms with van der Waals surface area (Å²) in [5.41, 5.74) is 3.59. The molecule has 146 valence electrons. The zero-order valence-corrected chi connectivity index (χ0v) is 16.9. The summed E-state index contributed by atoms with van der Waals surface area (Å²) in [7, 11) is 0. The lowest BCUT2D eigenvalue weighted by Gasteiger charge is -2.19. The average Bonchev–Trinajstić information content (AvgIpc) is 3.33. The second-order valence-electron chi connectivity index (χ2n) is 8.79. The van der Waals surface area contributed by atoms with Crippen molar-refractivity contribution in [2.45, 2.75) is 64.3 Å². The third kappa shape index (κ3) is 3.93. The van der Waals surface area contributed by atoms with E-state index in [2.05, 4.69) is 36.2 Å². The standard InChI is InChI=1S/C23H28N4O/c1-23(2,3)17-10-8-16(9-11-17)20(28)14-19-15-22(25-18-6-4-5-7-18)27-21(26-19)12-13-24-27/h8-13,15,18,25H,4-7,14H2,1-3H3. The summed E-state index contributed by atoms with van der Waals surface area (Å²) in [5.74, 6) is 1.01. The van der Waals surface area contributed by atoms with Gasteiger partial charge in [0.25, 0.3) is 0 Å². The molecule has 0 aliphatic heterocycles. The molecule has 0 saturated heterocycles. The minimum Gasteiger partial charge on any atom is -0.367 e. The zero-order valence-electron chi connectivity index (χ0n) is 16.9.